The molecule has 34 heavy (non-hydrogen) atoms. The van der Waals surface area contributed by atoms with Crippen molar-refractivity contribution in [1.82, 2.24) is 0 Å². The first-order valence-corrected chi connectivity index (χ1v) is 12.4. The summed E-state index contributed by atoms with van der Waals surface area (Å²) in [5, 5.41) is 0. The molecular weight excluding hydrogens is 443 g/mol. The van der Waals surface area contributed by atoms with Crippen molar-refractivity contribution in [2.45, 2.75) is 89.4 Å². The molecule has 0 radical (unpaired) electrons. The van der Waals surface area contributed by atoms with Crippen molar-refractivity contribution in [3.63, 3.8) is 0 Å². The largest absolute Gasteiger partial charge is 0.469 e. The number of rotatable bonds is 6. The van der Waals surface area contributed by atoms with Crippen molar-refractivity contribution in [1.29, 1.82) is 0 Å². The van der Waals surface area contributed by atoms with E-state index in [1.807, 2.05) is 6.92 Å². The molecule has 4 heterocycles. The summed E-state index contributed by atoms with van der Waals surface area (Å²) in [5.41, 5.74) is 0.121. The van der Waals surface area contributed by atoms with Crippen LogP contribution in [-0.2, 0) is 33.5 Å². The monoisotopic (exact) mass is 478 g/mol. The topological polar surface area (TPSA) is 72.5 Å². The van der Waals surface area contributed by atoms with Crippen LogP contribution < -0.4 is 0 Å². The fraction of sp³-hybridized carbons (Fsp3) is 0.731. The minimum atomic E-state index is -0.857. The summed E-state index contributed by atoms with van der Waals surface area (Å²) < 4.78 is 37.9. The van der Waals surface area contributed by atoms with Gasteiger partial charge < -0.3 is 18.9 Å². The predicted octanol–water partition coefficient (Wildman–Crippen LogP) is 5.04. The number of esters is 1. The van der Waals surface area contributed by atoms with Crippen LogP contribution in [-0.4, -0.2) is 37.0 Å². The van der Waals surface area contributed by atoms with E-state index >= 15 is 0 Å². The first-order chi connectivity index (χ1) is 16.3. The summed E-state index contributed by atoms with van der Waals surface area (Å²) in [6.45, 7) is 6.30. The molecule has 4 saturated heterocycles. The Bertz CT molecular complexity index is 894. The molecule has 1 saturated carbocycles. The number of hydrogen-bond donors (Lipinski definition) is 0. The third kappa shape index (κ3) is 4.07. The Morgan fingerprint density at radius 3 is 2.65 bits per heavy atom. The summed E-state index contributed by atoms with van der Waals surface area (Å²) >= 11 is 0. The maximum absolute atomic E-state index is 13.6. The SMILES string of the molecule is COC(=O)CC[C@H](O[C@H]1O[C@@H]2O[C@@]3(C)CC[C@H]4[C@H](C)CCC([C@H]1C)[C@@]24OO3)c1ccc(F)cc1. The van der Waals surface area contributed by atoms with Gasteiger partial charge in [0.25, 0.3) is 0 Å². The number of carbonyl (C=O) groups is 1. The first kappa shape index (κ1) is 24.1. The number of ether oxygens (including phenoxy) is 4. The lowest BCUT2D eigenvalue weighted by Crippen LogP contribution is -2.70. The van der Waals surface area contributed by atoms with Gasteiger partial charge in [-0.3, -0.25) is 4.79 Å². The fourth-order valence-electron chi connectivity index (χ4n) is 6.53. The van der Waals surface area contributed by atoms with Crippen LogP contribution in [0.5, 0.6) is 0 Å². The third-order valence-electron chi connectivity index (χ3n) is 8.48. The zero-order valence-corrected chi connectivity index (χ0v) is 20.3. The third-order valence-corrected chi connectivity index (χ3v) is 8.48. The van der Waals surface area contributed by atoms with E-state index in [1.165, 1.54) is 19.2 Å². The van der Waals surface area contributed by atoms with Gasteiger partial charge in [-0.1, -0.05) is 26.0 Å². The van der Waals surface area contributed by atoms with Crippen LogP contribution in [0, 0.1) is 29.5 Å². The van der Waals surface area contributed by atoms with Crippen molar-refractivity contribution in [3.05, 3.63) is 35.6 Å². The van der Waals surface area contributed by atoms with Gasteiger partial charge in [-0.2, -0.15) is 0 Å². The number of methoxy groups -OCH3 is 1. The molecule has 4 aliphatic heterocycles. The van der Waals surface area contributed by atoms with E-state index in [9.17, 15) is 9.18 Å². The van der Waals surface area contributed by atoms with Gasteiger partial charge in [0.2, 0.25) is 5.79 Å². The second kappa shape index (κ2) is 9.13. The molecule has 0 aromatic heterocycles. The molecule has 5 aliphatic rings. The molecule has 1 aliphatic carbocycles. The highest BCUT2D eigenvalue weighted by molar-refractivity contribution is 5.69. The minimum absolute atomic E-state index is 0.00183. The predicted molar refractivity (Wildman–Crippen MR) is 118 cm³/mol. The number of carbonyl (C=O) groups excluding carboxylic acids is 1. The summed E-state index contributed by atoms with van der Waals surface area (Å²) in [5.74, 6) is -0.613. The Balaban J connectivity index is 1.42. The second-order valence-electron chi connectivity index (χ2n) is 10.6. The number of benzene rings is 1. The van der Waals surface area contributed by atoms with Crippen LogP contribution in [0.2, 0.25) is 0 Å². The van der Waals surface area contributed by atoms with Crippen LogP contribution in [0.15, 0.2) is 24.3 Å². The van der Waals surface area contributed by atoms with Gasteiger partial charge in [-0.25, -0.2) is 14.2 Å². The lowest BCUT2D eigenvalue weighted by atomic mass is 9.58. The molecular formula is C26H35FO7. The number of hydrogen-bond acceptors (Lipinski definition) is 7. The molecule has 9 atom stereocenters. The van der Waals surface area contributed by atoms with Gasteiger partial charge in [0, 0.05) is 24.7 Å². The molecule has 1 aromatic rings. The van der Waals surface area contributed by atoms with Gasteiger partial charge in [-0.05, 0) is 62.1 Å². The fourth-order valence-corrected chi connectivity index (χ4v) is 6.53. The molecule has 2 bridgehead atoms. The van der Waals surface area contributed by atoms with E-state index in [4.69, 9.17) is 28.7 Å². The molecule has 0 amide bonds. The van der Waals surface area contributed by atoms with E-state index in [0.29, 0.717) is 12.3 Å². The van der Waals surface area contributed by atoms with Crippen LogP contribution in [0.3, 0.4) is 0 Å². The normalized spacial score (nSPS) is 41.9. The molecule has 7 nitrogen and oxygen atoms in total. The van der Waals surface area contributed by atoms with Gasteiger partial charge in [0.15, 0.2) is 18.2 Å². The quantitative estimate of drug-likeness (QED) is 0.419. The molecule has 5 fully saturated rings. The lowest BCUT2D eigenvalue weighted by molar-refractivity contribution is -0.578. The van der Waals surface area contributed by atoms with Crippen LogP contribution in [0.4, 0.5) is 4.39 Å². The average molecular weight is 479 g/mol. The smallest absolute Gasteiger partial charge is 0.305 e. The molecule has 8 heteroatoms. The Labute approximate surface area is 200 Å². The van der Waals surface area contributed by atoms with E-state index in [-0.39, 0.29) is 36.0 Å². The number of halogens is 1. The first-order valence-electron chi connectivity index (χ1n) is 12.4. The molecule has 1 unspecified atom stereocenters. The lowest BCUT2D eigenvalue weighted by Gasteiger charge is -2.60. The van der Waals surface area contributed by atoms with Crippen LogP contribution in [0.25, 0.3) is 0 Å². The molecule has 188 valence electrons. The Morgan fingerprint density at radius 2 is 1.91 bits per heavy atom. The van der Waals surface area contributed by atoms with E-state index < -0.39 is 30.1 Å². The summed E-state index contributed by atoms with van der Waals surface area (Å²) in [4.78, 5) is 23.9. The zero-order valence-electron chi connectivity index (χ0n) is 20.3. The maximum Gasteiger partial charge on any atom is 0.305 e. The average Bonchev–Trinajstić information content (AvgIpc) is 3.06. The molecule has 1 spiro atoms. The summed E-state index contributed by atoms with van der Waals surface area (Å²) in [6.07, 6.45) is 2.70. The standard InChI is InChI=1S/C26H35FO7/c1-15-5-10-20-16(2)23(31-24-26(20)19(15)13-14-25(3,32-24)33-34-26)30-21(11-12-22(28)29-4)17-6-8-18(27)9-7-17/h6-9,15-16,19-21,23-24H,5,10-14H2,1-4H3/t15-,16-,19+,20?,21+,23+,24-,25-,26-/m1/s1. The van der Waals surface area contributed by atoms with Crippen molar-refractivity contribution in [2.75, 3.05) is 7.11 Å². The molecule has 6 rings (SSSR count). The van der Waals surface area contributed by atoms with Crippen LogP contribution >= 0.6 is 0 Å². The van der Waals surface area contributed by atoms with Crippen LogP contribution in [0.1, 0.15) is 71.0 Å². The Kier molecular flexibility index (Phi) is 6.48. The van der Waals surface area contributed by atoms with E-state index in [0.717, 1.165) is 31.2 Å². The van der Waals surface area contributed by atoms with Crippen molar-refractivity contribution in [3.8, 4) is 0 Å². The maximum atomic E-state index is 13.6. The van der Waals surface area contributed by atoms with Gasteiger partial charge >= 0.3 is 5.97 Å². The van der Waals surface area contributed by atoms with E-state index in [2.05, 4.69) is 13.8 Å². The zero-order chi connectivity index (χ0) is 24.1. The van der Waals surface area contributed by atoms with Crippen molar-refractivity contribution in [2.24, 2.45) is 23.7 Å². The second-order valence-corrected chi connectivity index (χ2v) is 10.6. The molecule has 1 aromatic carbocycles. The van der Waals surface area contributed by atoms with E-state index in [1.54, 1.807) is 12.1 Å². The van der Waals surface area contributed by atoms with Gasteiger partial charge in [0.05, 0.1) is 13.2 Å². The summed E-state index contributed by atoms with van der Waals surface area (Å²) in [6, 6.07) is 6.17. The van der Waals surface area contributed by atoms with Crippen molar-refractivity contribution < 1.29 is 37.9 Å². The Hall–Kier alpha value is -1.58. The number of fused-ring (bicyclic) bond motifs is 2. The molecule has 0 N–H and O–H groups in total. The van der Waals surface area contributed by atoms with Gasteiger partial charge in [-0.15, -0.1) is 0 Å². The van der Waals surface area contributed by atoms with Crippen molar-refractivity contribution >= 4 is 5.97 Å². The highest BCUT2D eigenvalue weighted by Gasteiger charge is 2.69. The highest BCUT2D eigenvalue weighted by Crippen LogP contribution is 2.60. The van der Waals surface area contributed by atoms with Gasteiger partial charge in [0.1, 0.15) is 5.82 Å². The Morgan fingerprint density at radius 1 is 1.15 bits per heavy atom. The minimum Gasteiger partial charge on any atom is -0.469 e. The summed E-state index contributed by atoms with van der Waals surface area (Å²) in [7, 11) is 1.36. The highest BCUT2D eigenvalue weighted by atomic mass is 19.1.